The third kappa shape index (κ3) is 3.74. The number of aryl methyl sites for hydroxylation is 1. The number of nitrogens with one attached hydrogen (secondary N) is 1. The van der Waals surface area contributed by atoms with Crippen LogP contribution in [0.2, 0.25) is 0 Å². The lowest BCUT2D eigenvalue weighted by molar-refractivity contribution is 0.0921. The first kappa shape index (κ1) is 15.6. The predicted octanol–water partition coefficient (Wildman–Crippen LogP) is 4.31. The van der Waals surface area contributed by atoms with Crippen LogP contribution in [0.4, 0.5) is 0 Å². The minimum Gasteiger partial charge on any atom is -0.492 e. The summed E-state index contributed by atoms with van der Waals surface area (Å²) < 4.78 is 12.0. The quantitative estimate of drug-likeness (QED) is 0.677. The highest BCUT2D eigenvalue weighted by molar-refractivity contribution is 9.10. The maximum atomic E-state index is 12.1. The lowest BCUT2D eigenvalue weighted by Gasteiger charge is -2.07. The van der Waals surface area contributed by atoms with Crippen molar-refractivity contribution in [2.45, 2.75) is 6.92 Å². The SMILES string of the molecule is Cc1cccc(OCCNC(=O)c2cc3cccc(Br)c3o2)c1. The Morgan fingerprint density at radius 3 is 2.83 bits per heavy atom. The lowest BCUT2D eigenvalue weighted by atomic mass is 10.2. The Hall–Kier alpha value is -2.27. The fourth-order valence-corrected chi connectivity index (χ4v) is 2.73. The predicted molar refractivity (Wildman–Crippen MR) is 92.9 cm³/mol. The van der Waals surface area contributed by atoms with Crippen molar-refractivity contribution in [1.29, 1.82) is 0 Å². The summed E-state index contributed by atoms with van der Waals surface area (Å²) >= 11 is 3.41. The molecule has 0 unspecified atom stereocenters. The number of fused-ring (bicyclic) bond motifs is 1. The Morgan fingerprint density at radius 1 is 1.22 bits per heavy atom. The molecule has 1 heterocycles. The third-order valence-electron chi connectivity index (χ3n) is 3.37. The minimum absolute atomic E-state index is 0.249. The molecule has 4 nitrogen and oxygen atoms in total. The lowest BCUT2D eigenvalue weighted by Crippen LogP contribution is -2.27. The zero-order valence-electron chi connectivity index (χ0n) is 12.6. The maximum absolute atomic E-state index is 12.1. The molecule has 118 valence electrons. The van der Waals surface area contributed by atoms with E-state index in [0.717, 1.165) is 21.2 Å². The fraction of sp³-hybridized carbons (Fsp3) is 0.167. The van der Waals surface area contributed by atoms with Crippen LogP contribution in [-0.2, 0) is 0 Å². The van der Waals surface area contributed by atoms with E-state index in [1.165, 1.54) is 0 Å². The van der Waals surface area contributed by atoms with Gasteiger partial charge in [0, 0.05) is 5.39 Å². The van der Waals surface area contributed by atoms with Crippen molar-refractivity contribution >= 4 is 32.8 Å². The minimum atomic E-state index is -0.249. The van der Waals surface area contributed by atoms with Crippen LogP contribution in [0.3, 0.4) is 0 Å². The number of halogens is 1. The molecule has 2 aromatic carbocycles. The van der Waals surface area contributed by atoms with Crippen LogP contribution in [0.1, 0.15) is 16.1 Å². The van der Waals surface area contributed by atoms with Crippen LogP contribution in [0.15, 0.2) is 57.4 Å². The summed E-state index contributed by atoms with van der Waals surface area (Å²) in [5.74, 6) is 0.843. The Kier molecular flexibility index (Phi) is 4.67. The van der Waals surface area contributed by atoms with Gasteiger partial charge in [-0.15, -0.1) is 0 Å². The zero-order valence-corrected chi connectivity index (χ0v) is 14.2. The number of furan rings is 1. The first-order valence-corrected chi connectivity index (χ1v) is 8.08. The van der Waals surface area contributed by atoms with E-state index in [1.54, 1.807) is 6.07 Å². The molecule has 0 aliphatic carbocycles. The molecular weight excluding hydrogens is 358 g/mol. The highest BCUT2D eigenvalue weighted by Gasteiger charge is 2.13. The van der Waals surface area contributed by atoms with Crippen molar-refractivity contribution in [2.75, 3.05) is 13.2 Å². The van der Waals surface area contributed by atoms with Crippen LogP contribution in [0, 0.1) is 6.92 Å². The number of para-hydroxylation sites is 1. The van der Waals surface area contributed by atoms with Crippen molar-refractivity contribution in [3.05, 3.63) is 64.3 Å². The Labute approximate surface area is 142 Å². The molecule has 0 radical (unpaired) electrons. The number of benzene rings is 2. The second-order valence-electron chi connectivity index (χ2n) is 5.19. The average Bonchev–Trinajstić information content (AvgIpc) is 2.97. The van der Waals surface area contributed by atoms with E-state index in [9.17, 15) is 4.79 Å². The third-order valence-corrected chi connectivity index (χ3v) is 3.99. The second kappa shape index (κ2) is 6.87. The number of hydrogen-bond acceptors (Lipinski definition) is 3. The molecule has 1 amide bonds. The zero-order chi connectivity index (χ0) is 16.2. The number of carbonyl (C=O) groups excluding carboxylic acids is 1. The molecule has 0 fully saturated rings. The second-order valence-corrected chi connectivity index (χ2v) is 6.04. The molecule has 0 aliphatic heterocycles. The number of hydrogen-bond donors (Lipinski definition) is 1. The molecule has 0 saturated heterocycles. The summed E-state index contributed by atoms with van der Waals surface area (Å²) in [5.41, 5.74) is 1.81. The van der Waals surface area contributed by atoms with Gasteiger partial charge in [-0.05, 0) is 52.7 Å². The van der Waals surface area contributed by atoms with Crippen molar-refractivity contribution in [2.24, 2.45) is 0 Å². The van der Waals surface area contributed by atoms with Crippen molar-refractivity contribution in [3.8, 4) is 5.75 Å². The highest BCUT2D eigenvalue weighted by Crippen LogP contribution is 2.26. The van der Waals surface area contributed by atoms with Gasteiger partial charge >= 0.3 is 0 Å². The van der Waals surface area contributed by atoms with Crippen LogP contribution in [-0.4, -0.2) is 19.1 Å². The van der Waals surface area contributed by atoms with E-state index in [-0.39, 0.29) is 5.91 Å². The number of amides is 1. The standard InChI is InChI=1S/C18H16BrNO3/c1-12-4-2-6-14(10-12)22-9-8-20-18(21)16-11-13-5-3-7-15(19)17(13)23-16/h2-7,10-11H,8-9H2,1H3,(H,20,21). The molecule has 0 bridgehead atoms. The molecule has 0 saturated carbocycles. The van der Waals surface area contributed by atoms with Crippen molar-refractivity contribution in [3.63, 3.8) is 0 Å². The smallest absolute Gasteiger partial charge is 0.287 e. The summed E-state index contributed by atoms with van der Waals surface area (Å²) in [6.45, 7) is 2.82. The van der Waals surface area contributed by atoms with Crippen LogP contribution in [0.25, 0.3) is 11.0 Å². The van der Waals surface area contributed by atoms with E-state index >= 15 is 0 Å². The Morgan fingerprint density at radius 2 is 2.04 bits per heavy atom. The molecule has 23 heavy (non-hydrogen) atoms. The van der Waals surface area contributed by atoms with Crippen molar-refractivity contribution < 1.29 is 13.9 Å². The monoisotopic (exact) mass is 373 g/mol. The Bertz CT molecular complexity index is 841. The van der Waals surface area contributed by atoms with E-state index in [1.807, 2.05) is 49.4 Å². The molecule has 5 heteroatoms. The molecular formula is C18H16BrNO3. The molecule has 3 rings (SSSR count). The van der Waals surface area contributed by atoms with Crippen molar-refractivity contribution in [1.82, 2.24) is 5.32 Å². The van der Waals surface area contributed by atoms with E-state index in [0.29, 0.717) is 24.5 Å². The molecule has 0 spiro atoms. The molecule has 3 aromatic rings. The average molecular weight is 374 g/mol. The normalized spacial score (nSPS) is 10.7. The number of rotatable bonds is 5. The van der Waals surface area contributed by atoms with Gasteiger partial charge in [0.15, 0.2) is 5.76 Å². The molecule has 0 aliphatic rings. The summed E-state index contributed by atoms with van der Waals surface area (Å²) in [6, 6.07) is 15.2. The number of ether oxygens (including phenoxy) is 1. The maximum Gasteiger partial charge on any atom is 0.287 e. The number of carbonyl (C=O) groups is 1. The van der Waals surface area contributed by atoms with Crippen LogP contribution >= 0.6 is 15.9 Å². The van der Waals surface area contributed by atoms with Gasteiger partial charge in [-0.2, -0.15) is 0 Å². The molecule has 1 aromatic heterocycles. The van der Waals surface area contributed by atoms with E-state index in [2.05, 4.69) is 21.2 Å². The summed E-state index contributed by atoms with van der Waals surface area (Å²) in [5, 5.41) is 3.68. The van der Waals surface area contributed by atoms with Gasteiger partial charge in [-0.1, -0.05) is 24.3 Å². The van der Waals surface area contributed by atoms with Gasteiger partial charge < -0.3 is 14.5 Å². The van der Waals surface area contributed by atoms with Gasteiger partial charge in [0.2, 0.25) is 0 Å². The summed E-state index contributed by atoms with van der Waals surface area (Å²) in [6.07, 6.45) is 0. The molecule has 1 N–H and O–H groups in total. The van der Waals surface area contributed by atoms with Gasteiger partial charge in [-0.3, -0.25) is 4.79 Å². The first-order chi connectivity index (χ1) is 11.1. The van der Waals surface area contributed by atoms with E-state index in [4.69, 9.17) is 9.15 Å². The summed E-state index contributed by atoms with van der Waals surface area (Å²) in [4.78, 5) is 12.1. The fourth-order valence-electron chi connectivity index (χ4n) is 2.27. The molecule has 0 atom stereocenters. The van der Waals surface area contributed by atoms with Gasteiger partial charge in [0.05, 0.1) is 11.0 Å². The summed E-state index contributed by atoms with van der Waals surface area (Å²) in [7, 11) is 0. The highest BCUT2D eigenvalue weighted by atomic mass is 79.9. The topological polar surface area (TPSA) is 51.5 Å². The van der Waals surface area contributed by atoms with Crippen LogP contribution in [0.5, 0.6) is 5.75 Å². The van der Waals surface area contributed by atoms with Gasteiger partial charge in [0.1, 0.15) is 17.9 Å². The van der Waals surface area contributed by atoms with Crippen LogP contribution < -0.4 is 10.1 Å². The largest absolute Gasteiger partial charge is 0.492 e. The van der Waals surface area contributed by atoms with E-state index < -0.39 is 0 Å². The van der Waals surface area contributed by atoms with Gasteiger partial charge in [0.25, 0.3) is 5.91 Å². The van der Waals surface area contributed by atoms with Gasteiger partial charge in [-0.25, -0.2) is 0 Å². The Balaban J connectivity index is 1.55. The first-order valence-electron chi connectivity index (χ1n) is 7.29.